The molecular formula is C22H21N5. The first kappa shape index (κ1) is 17.0. The molecule has 0 radical (unpaired) electrons. The highest BCUT2D eigenvalue weighted by Gasteiger charge is 2.16. The fourth-order valence-corrected chi connectivity index (χ4v) is 3.16. The Morgan fingerprint density at radius 3 is 2.59 bits per heavy atom. The van der Waals surface area contributed by atoms with Crippen LogP contribution in [0.25, 0.3) is 22.5 Å². The molecule has 0 spiro atoms. The van der Waals surface area contributed by atoms with Gasteiger partial charge in [-0.15, -0.1) is 6.58 Å². The van der Waals surface area contributed by atoms with E-state index in [-0.39, 0.29) is 0 Å². The minimum absolute atomic E-state index is 0.683. The second kappa shape index (κ2) is 7.83. The Balaban J connectivity index is 1.72. The van der Waals surface area contributed by atoms with Crippen molar-refractivity contribution in [3.05, 3.63) is 91.8 Å². The highest BCUT2D eigenvalue weighted by Crippen LogP contribution is 2.31. The highest BCUT2D eigenvalue weighted by molar-refractivity contribution is 5.78. The van der Waals surface area contributed by atoms with Crippen LogP contribution >= 0.6 is 0 Å². The molecule has 0 fully saturated rings. The molecule has 0 amide bonds. The normalized spacial score (nSPS) is 10.8. The summed E-state index contributed by atoms with van der Waals surface area (Å²) in [4.78, 5) is 9.14. The summed E-state index contributed by atoms with van der Waals surface area (Å²) >= 11 is 0. The fourth-order valence-electron chi connectivity index (χ4n) is 3.16. The maximum Gasteiger partial charge on any atom is 0.0964 e. The first-order valence-electron chi connectivity index (χ1n) is 8.99. The Morgan fingerprint density at radius 1 is 0.963 bits per heavy atom. The van der Waals surface area contributed by atoms with E-state index in [1.165, 1.54) is 0 Å². The molecule has 0 saturated heterocycles. The van der Waals surface area contributed by atoms with Crippen LogP contribution in [0.3, 0.4) is 0 Å². The predicted molar refractivity (Wildman–Crippen MR) is 107 cm³/mol. The van der Waals surface area contributed by atoms with Crippen LogP contribution in [-0.2, 0) is 19.5 Å². The van der Waals surface area contributed by atoms with E-state index in [1.807, 2.05) is 66.0 Å². The molecule has 4 aromatic rings. The minimum atomic E-state index is 0.683. The summed E-state index contributed by atoms with van der Waals surface area (Å²) in [6.45, 7) is 5.28. The number of aromatic nitrogens is 5. The molecule has 4 rings (SSSR count). The number of aryl methyl sites for hydroxylation is 2. The van der Waals surface area contributed by atoms with Crippen molar-refractivity contribution in [1.29, 1.82) is 0 Å². The topological polar surface area (TPSA) is 48.5 Å². The van der Waals surface area contributed by atoms with E-state index < -0.39 is 0 Å². The summed E-state index contributed by atoms with van der Waals surface area (Å²) in [5.41, 5.74) is 5.26. The van der Waals surface area contributed by atoms with Crippen LogP contribution in [-0.4, -0.2) is 24.3 Å². The SMILES string of the molecule is C=CCn1cc(-c2c(-c3ccccc3)ncn2CCc2ccccn2)cn1. The largest absolute Gasteiger partial charge is 0.330 e. The molecule has 0 aliphatic carbocycles. The van der Waals surface area contributed by atoms with Gasteiger partial charge in [-0.2, -0.15) is 5.10 Å². The van der Waals surface area contributed by atoms with Gasteiger partial charge in [0.05, 0.1) is 30.5 Å². The smallest absolute Gasteiger partial charge is 0.0964 e. The van der Waals surface area contributed by atoms with Gasteiger partial charge in [0, 0.05) is 42.2 Å². The number of hydrogen-bond acceptors (Lipinski definition) is 3. The van der Waals surface area contributed by atoms with Crippen LogP contribution in [0.2, 0.25) is 0 Å². The second-order valence-corrected chi connectivity index (χ2v) is 6.31. The number of pyridine rings is 1. The predicted octanol–water partition coefficient (Wildman–Crippen LogP) is 4.24. The number of nitrogens with zero attached hydrogens (tertiary/aromatic N) is 5. The molecule has 1 aromatic carbocycles. The van der Waals surface area contributed by atoms with Crippen molar-refractivity contribution in [2.24, 2.45) is 0 Å². The minimum Gasteiger partial charge on any atom is -0.330 e. The van der Waals surface area contributed by atoms with Crippen LogP contribution in [0.1, 0.15) is 5.69 Å². The van der Waals surface area contributed by atoms with Crippen LogP contribution < -0.4 is 0 Å². The van der Waals surface area contributed by atoms with Gasteiger partial charge in [0.1, 0.15) is 0 Å². The van der Waals surface area contributed by atoms with Crippen molar-refractivity contribution in [2.45, 2.75) is 19.5 Å². The Bertz CT molecular complexity index is 1020. The number of allylic oxidation sites excluding steroid dienone is 1. The molecule has 0 aliphatic heterocycles. The van der Waals surface area contributed by atoms with Gasteiger partial charge in [-0.05, 0) is 12.1 Å². The second-order valence-electron chi connectivity index (χ2n) is 6.31. The molecule has 0 bridgehead atoms. The molecular weight excluding hydrogens is 334 g/mol. The lowest BCUT2D eigenvalue weighted by Crippen LogP contribution is -2.03. The third-order valence-corrected chi connectivity index (χ3v) is 4.44. The van der Waals surface area contributed by atoms with Gasteiger partial charge in [-0.25, -0.2) is 4.98 Å². The van der Waals surface area contributed by atoms with E-state index in [0.29, 0.717) is 6.54 Å². The van der Waals surface area contributed by atoms with E-state index in [4.69, 9.17) is 4.98 Å². The lowest BCUT2D eigenvalue weighted by Gasteiger charge is -2.09. The monoisotopic (exact) mass is 355 g/mol. The van der Waals surface area contributed by atoms with Crippen LogP contribution in [0, 0.1) is 0 Å². The Morgan fingerprint density at radius 2 is 1.81 bits per heavy atom. The first-order valence-corrected chi connectivity index (χ1v) is 8.99. The van der Waals surface area contributed by atoms with E-state index in [9.17, 15) is 0 Å². The third-order valence-electron chi connectivity index (χ3n) is 4.44. The summed E-state index contributed by atoms with van der Waals surface area (Å²) in [6, 6.07) is 16.3. The van der Waals surface area contributed by atoms with Crippen LogP contribution in [0.4, 0.5) is 0 Å². The highest BCUT2D eigenvalue weighted by atomic mass is 15.3. The van der Waals surface area contributed by atoms with Gasteiger partial charge in [0.2, 0.25) is 0 Å². The molecule has 3 aromatic heterocycles. The average Bonchev–Trinajstić information content (AvgIpc) is 3.35. The molecule has 3 heterocycles. The third kappa shape index (κ3) is 3.72. The summed E-state index contributed by atoms with van der Waals surface area (Å²) in [5, 5.41) is 4.45. The molecule has 0 atom stereocenters. The molecule has 134 valence electrons. The van der Waals surface area contributed by atoms with E-state index in [0.717, 1.165) is 41.2 Å². The van der Waals surface area contributed by atoms with Gasteiger partial charge in [0.15, 0.2) is 0 Å². The van der Waals surface area contributed by atoms with Gasteiger partial charge in [-0.1, -0.05) is 42.5 Å². The van der Waals surface area contributed by atoms with Crippen LogP contribution in [0.15, 0.2) is 86.1 Å². The summed E-state index contributed by atoms with van der Waals surface area (Å²) in [5.74, 6) is 0. The molecule has 27 heavy (non-hydrogen) atoms. The van der Waals surface area contributed by atoms with Gasteiger partial charge < -0.3 is 4.57 Å². The summed E-state index contributed by atoms with van der Waals surface area (Å²) in [6.07, 6.45) is 10.4. The van der Waals surface area contributed by atoms with E-state index in [2.05, 4.69) is 39.4 Å². The summed E-state index contributed by atoms with van der Waals surface area (Å²) < 4.78 is 4.07. The maximum absolute atomic E-state index is 4.72. The maximum atomic E-state index is 4.72. The van der Waals surface area contributed by atoms with Crippen molar-refractivity contribution in [1.82, 2.24) is 24.3 Å². The zero-order chi connectivity index (χ0) is 18.5. The Hall–Kier alpha value is -3.47. The lowest BCUT2D eigenvalue weighted by molar-refractivity contribution is 0.689. The molecule has 5 heteroatoms. The van der Waals surface area contributed by atoms with Crippen molar-refractivity contribution in [3.63, 3.8) is 0 Å². The van der Waals surface area contributed by atoms with Crippen molar-refractivity contribution in [3.8, 4) is 22.5 Å². The molecule has 0 aliphatic rings. The molecule has 5 nitrogen and oxygen atoms in total. The number of benzene rings is 1. The van der Waals surface area contributed by atoms with Gasteiger partial charge in [-0.3, -0.25) is 9.67 Å². The zero-order valence-electron chi connectivity index (χ0n) is 15.1. The average molecular weight is 355 g/mol. The van der Waals surface area contributed by atoms with Gasteiger partial charge >= 0.3 is 0 Å². The number of imidazole rings is 1. The van der Waals surface area contributed by atoms with E-state index >= 15 is 0 Å². The standard InChI is InChI=1S/C22H21N5/c1-2-13-27-16-19(15-25-27)22-21(18-8-4-3-5-9-18)24-17-26(22)14-11-20-10-6-7-12-23-20/h2-10,12,15-17H,1,11,13-14H2. The number of hydrogen-bond donors (Lipinski definition) is 0. The quantitative estimate of drug-likeness (QED) is 0.466. The molecule has 0 saturated carbocycles. The van der Waals surface area contributed by atoms with E-state index in [1.54, 1.807) is 0 Å². The lowest BCUT2D eigenvalue weighted by atomic mass is 10.1. The van der Waals surface area contributed by atoms with Crippen molar-refractivity contribution in [2.75, 3.05) is 0 Å². The summed E-state index contributed by atoms with van der Waals surface area (Å²) in [7, 11) is 0. The van der Waals surface area contributed by atoms with Crippen molar-refractivity contribution < 1.29 is 0 Å². The first-order chi connectivity index (χ1) is 13.3. The fraction of sp³-hybridized carbons (Fsp3) is 0.136. The molecule has 0 unspecified atom stereocenters. The Labute approximate surface area is 158 Å². The Kier molecular flexibility index (Phi) is 4.92. The van der Waals surface area contributed by atoms with Crippen LogP contribution in [0.5, 0.6) is 0 Å². The number of rotatable bonds is 7. The van der Waals surface area contributed by atoms with Gasteiger partial charge in [0.25, 0.3) is 0 Å². The zero-order valence-corrected chi connectivity index (χ0v) is 15.1. The van der Waals surface area contributed by atoms with Crippen molar-refractivity contribution >= 4 is 0 Å². The molecule has 0 N–H and O–H groups in total.